The normalized spacial score (nSPS) is 24.2. The van der Waals surface area contributed by atoms with Gasteiger partial charge in [-0.3, -0.25) is 4.90 Å². The van der Waals surface area contributed by atoms with Gasteiger partial charge in [0.1, 0.15) is 11.6 Å². The number of fused-ring (bicyclic) bond motifs is 3. The maximum Gasteiger partial charge on any atom is 0.335 e. The Bertz CT molecular complexity index is 1480. The van der Waals surface area contributed by atoms with Crippen LogP contribution in [-0.4, -0.2) is 68.5 Å². The van der Waals surface area contributed by atoms with Crippen LogP contribution in [0.3, 0.4) is 0 Å². The van der Waals surface area contributed by atoms with E-state index in [4.69, 9.17) is 21.5 Å². The molecule has 2 aromatic rings. The molecule has 5 rings (SSSR count). The molecule has 228 valence electrons. The molecule has 1 fully saturated rings. The molecule has 8 nitrogen and oxygen atoms in total. The van der Waals surface area contributed by atoms with Crippen molar-refractivity contribution in [1.82, 2.24) is 4.90 Å². The lowest BCUT2D eigenvalue weighted by Crippen LogP contribution is -2.56. The highest BCUT2D eigenvalue weighted by Gasteiger charge is 2.43. The molecule has 2 aromatic carbocycles. The molecule has 0 amide bonds. The van der Waals surface area contributed by atoms with Gasteiger partial charge in [-0.05, 0) is 86.4 Å². The van der Waals surface area contributed by atoms with Gasteiger partial charge in [0.05, 0.1) is 29.7 Å². The second-order valence-electron chi connectivity index (χ2n) is 12.2. The van der Waals surface area contributed by atoms with Crippen molar-refractivity contribution >= 4 is 33.3 Å². The quantitative estimate of drug-likeness (QED) is 0.399. The van der Waals surface area contributed by atoms with E-state index >= 15 is 4.39 Å². The van der Waals surface area contributed by atoms with E-state index in [9.17, 15) is 18.3 Å². The molecule has 2 aliphatic heterocycles. The highest BCUT2D eigenvalue weighted by atomic mass is 35.5. The minimum absolute atomic E-state index is 0.0645. The number of nitrogens with zero attached hydrogens (tertiary/aromatic N) is 2. The summed E-state index contributed by atoms with van der Waals surface area (Å²) >= 11 is 6.34. The molecule has 0 aromatic heterocycles. The van der Waals surface area contributed by atoms with Crippen molar-refractivity contribution in [2.75, 3.05) is 37.7 Å². The first-order valence-corrected chi connectivity index (χ1v) is 16.5. The van der Waals surface area contributed by atoms with Gasteiger partial charge in [-0.15, -0.1) is 0 Å². The summed E-state index contributed by atoms with van der Waals surface area (Å²) in [5, 5.41) is 14.9. The third-order valence-electron chi connectivity index (χ3n) is 9.37. The number of allylic oxidation sites excluding steroid dienone is 1. The standard InChI is InChI=1S/C31H39ClFN3O5S/c1-20(21(2)42(34,39)40)5-8-25(33)16-35-13-11-26(35)17-36-18-31(12-3-4-22-14-24(32)7-9-27(22)31)19-41-29-10-6-23(30(37)38)15-28(29)36/h6-10,14-15,20-21,26H,3-5,11-13,16-19H2,1-2H3,(H,37,38)(H2,34,39,40)/t20-,21+,26-,31-/m0/s1. The second kappa shape index (κ2) is 12.1. The van der Waals surface area contributed by atoms with Gasteiger partial charge < -0.3 is 14.7 Å². The van der Waals surface area contributed by atoms with E-state index in [-0.39, 0.29) is 41.7 Å². The number of hydrogen-bond donors (Lipinski definition) is 2. The summed E-state index contributed by atoms with van der Waals surface area (Å²) in [6, 6.07) is 11.1. The topological polar surface area (TPSA) is 113 Å². The van der Waals surface area contributed by atoms with E-state index < -0.39 is 21.2 Å². The number of likely N-dealkylation sites (tertiary alicyclic amines) is 1. The van der Waals surface area contributed by atoms with Crippen molar-refractivity contribution in [1.29, 1.82) is 0 Å². The SMILES string of the molecule is C[C@H]([C@@H](C)CC=C(F)CN1CC[C@H]1CN1C[C@@]2(CCCc3cc(Cl)ccc32)COc2ccc(C(=O)O)cc21)S(N)(=O)=O. The Kier molecular flexibility index (Phi) is 8.90. The molecule has 0 unspecified atom stereocenters. The van der Waals surface area contributed by atoms with Crippen molar-refractivity contribution in [3.63, 3.8) is 0 Å². The fourth-order valence-electron chi connectivity index (χ4n) is 6.50. The number of benzene rings is 2. The number of aromatic carboxylic acids is 1. The summed E-state index contributed by atoms with van der Waals surface area (Å²) < 4.78 is 44.7. The Morgan fingerprint density at radius 3 is 2.76 bits per heavy atom. The number of sulfonamides is 1. The van der Waals surface area contributed by atoms with E-state index in [1.54, 1.807) is 32.0 Å². The number of halogens is 2. The number of ether oxygens (including phenoxy) is 1. The van der Waals surface area contributed by atoms with Crippen LogP contribution in [0.4, 0.5) is 10.1 Å². The third kappa shape index (κ3) is 6.46. The van der Waals surface area contributed by atoms with Crippen molar-refractivity contribution in [2.45, 2.75) is 62.7 Å². The summed E-state index contributed by atoms with van der Waals surface area (Å²) in [7, 11) is -3.68. The largest absolute Gasteiger partial charge is 0.490 e. The number of rotatable bonds is 9. The average Bonchev–Trinajstić information content (AvgIpc) is 3.08. The van der Waals surface area contributed by atoms with Gasteiger partial charge in [0.2, 0.25) is 10.0 Å². The summed E-state index contributed by atoms with van der Waals surface area (Å²) in [4.78, 5) is 16.2. The molecular weight excluding hydrogens is 581 g/mol. The van der Waals surface area contributed by atoms with Gasteiger partial charge in [0.15, 0.2) is 0 Å². The smallest absolute Gasteiger partial charge is 0.335 e. The van der Waals surface area contributed by atoms with Crippen molar-refractivity contribution < 1.29 is 27.4 Å². The predicted octanol–water partition coefficient (Wildman–Crippen LogP) is 5.14. The Balaban J connectivity index is 1.37. The van der Waals surface area contributed by atoms with Crippen molar-refractivity contribution in [3.05, 3.63) is 70.0 Å². The Morgan fingerprint density at radius 2 is 2.07 bits per heavy atom. The van der Waals surface area contributed by atoms with E-state index in [2.05, 4.69) is 15.9 Å². The summed E-state index contributed by atoms with van der Waals surface area (Å²) in [5.41, 5.74) is 3.07. The molecule has 0 saturated carbocycles. The van der Waals surface area contributed by atoms with Crippen LogP contribution in [0.15, 0.2) is 48.3 Å². The maximum atomic E-state index is 15.0. The highest BCUT2D eigenvalue weighted by molar-refractivity contribution is 7.89. The predicted molar refractivity (Wildman–Crippen MR) is 163 cm³/mol. The molecule has 0 radical (unpaired) electrons. The first kappa shape index (κ1) is 30.8. The molecule has 3 aliphatic rings. The van der Waals surface area contributed by atoms with Gasteiger partial charge >= 0.3 is 5.97 Å². The Labute approximate surface area is 252 Å². The molecular formula is C31H39ClFN3O5S. The maximum absolute atomic E-state index is 15.0. The number of anilines is 1. The number of carbonyl (C=O) groups is 1. The number of aryl methyl sites for hydroxylation is 1. The van der Waals surface area contributed by atoms with Crippen LogP contribution in [-0.2, 0) is 21.9 Å². The molecule has 1 saturated heterocycles. The fourth-order valence-corrected chi connectivity index (χ4v) is 7.45. The Morgan fingerprint density at radius 1 is 1.29 bits per heavy atom. The van der Waals surface area contributed by atoms with Gasteiger partial charge in [-0.25, -0.2) is 22.7 Å². The highest BCUT2D eigenvalue weighted by Crippen LogP contribution is 2.45. The zero-order valence-electron chi connectivity index (χ0n) is 24.1. The van der Waals surface area contributed by atoms with Crippen LogP contribution in [0.1, 0.15) is 61.0 Å². The van der Waals surface area contributed by atoms with Gasteiger partial charge in [0.25, 0.3) is 0 Å². The number of nitrogens with two attached hydrogens (primary N) is 1. The van der Waals surface area contributed by atoms with Crippen LogP contribution >= 0.6 is 11.6 Å². The summed E-state index contributed by atoms with van der Waals surface area (Å²) in [5.74, 6) is -0.958. The van der Waals surface area contributed by atoms with Crippen LogP contribution in [0.5, 0.6) is 5.75 Å². The van der Waals surface area contributed by atoms with Crippen molar-refractivity contribution in [3.8, 4) is 5.75 Å². The van der Waals surface area contributed by atoms with Crippen LogP contribution < -0.4 is 14.8 Å². The van der Waals surface area contributed by atoms with Crippen molar-refractivity contribution in [2.24, 2.45) is 11.1 Å². The van der Waals surface area contributed by atoms with Crippen LogP contribution in [0.2, 0.25) is 5.02 Å². The molecule has 1 spiro atoms. The van der Waals surface area contributed by atoms with Crippen LogP contribution in [0, 0.1) is 5.92 Å². The minimum atomic E-state index is -3.68. The van der Waals surface area contributed by atoms with E-state index in [0.29, 0.717) is 30.5 Å². The molecule has 4 atom stereocenters. The van der Waals surface area contributed by atoms with E-state index in [1.807, 2.05) is 12.1 Å². The summed E-state index contributed by atoms with van der Waals surface area (Å²) in [6.07, 6.45) is 5.51. The van der Waals surface area contributed by atoms with Gasteiger partial charge in [-0.2, -0.15) is 0 Å². The molecule has 0 bridgehead atoms. The van der Waals surface area contributed by atoms with E-state index in [0.717, 1.165) is 37.9 Å². The zero-order valence-corrected chi connectivity index (χ0v) is 25.6. The number of carboxylic acids is 1. The van der Waals surface area contributed by atoms with Gasteiger partial charge in [-0.1, -0.05) is 30.7 Å². The molecule has 2 heterocycles. The number of carboxylic acid groups (broad SMARTS) is 1. The second-order valence-corrected chi connectivity index (χ2v) is 14.5. The van der Waals surface area contributed by atoms with Crippen LogP contribution in [0.25, 0.3) is 0 Å². The first-order valence-electron chi connectivity index (χ1n) is 14.5. The third-order valence-corrected chi connectivity index (χ3v) is 11.1. The summed E-state index contributed by atoms with van der Waals surface area (Å²) in [6.45, 7) is 5.89. The molecule has 1 aliphatic carbocycles. The fraction of sp³-hybridized carbons (Fsp3) is 0.516. The number of hydrogen-bond acceptors (Lipinski definition) is 6. The minimum Gasteiger partial charge on any atom is -0.490 e. The molecule has 3 N–H and O–H groups in total. The van der Waals surface area contributed by atoms with Gasteiger partial charge in [0, 0.05) is 36.1 Å². The number of primary sulfonamides is 1. The average molecular weight is 620 g/mol. The lowest BCUT2D eigenvalue weighted by molar-refractivity contribution is 0.0697. The zero-order chi connectivity index (χ0) is 30.2. The van der Waals surface area contributed by atoms with E-state index in [1.165, 1.54) is 17.2 Å². The Hall–Kier alpha value is -2.66. The lowest BCUT2D eigenvalue weighted by Gasteiger charge is -2.46. The molecule has 11 heteroatoms. The lowest BCUT2D eigenvalue weighted by atomic mass is 9.70. The molecule has 42 heavy (non-hydrogen) atoms. The monoisotopic (exact) mass is 619 g/mol. The first-order chi connectivity index (χ1) is 19.9.